The van der Waals surface area contributed by atoms with Crippen molar-refractivity contribution in [2.24, 2.45) is 5.92 Å². The van der Waals surface area contributed by atoms with E-state index in [0.717, 1.165) is 0 Å². The highest BCUT2D eigenvalue weighted by Crippen LogP contribution is 2.02. The highest BCUT2D eigenvalue weighted by atomic mass is 16.5. The third-order valence-electron chi connectivity index (χ3n) is 1.12. The summed E-state index contributed by atoms with van der Waals surface area (Å²) in [6, 6.07) is 0. The van der Waals surface area contributed by atoms with E-state index in [0.29, 0.717) is 6.42 Å². The van der Waals surface area contributed by atoms with Crippen molar-refractivity contribution in [1.29, 1.82) is 0 Å². The Morgan fingerprint density at radius 2 is 2.09 bits per heavy atom. The smallest absolute Gasteiger partial charge is 0.307 e. The molecule has 0 spiro atoms. The van der Waals surface area contributed by atoms with Gasteiger partial charge in [0.2, 0.25) is 0 Å². The van der Waals surface area contributed by atoms with Crippen molar-refractivity contribution in [3.8, 4) is 12.3 Å². The molecule has 0 aromatic heterocycles. The molecular weight excluding hydrogens is 140 g/mol. The fraction of sp³-hybridized carbons (Fsp3) is 0.667. The van der Waals surface area contributed by atoms with Crippen LogP contribution in [-0.2, 0) is 9.53 Å². The Kier molecular flexibility index (Phi) is 4.36. The molecular formula is C9H14O2. The highest BCUT2D eigenvalue weighted by Gasteiger charge is 2.08. The molecule has 0 aliphatic heterocycles. The van der Waals surface area contributed by atoms with E-state index in [1.165, 1.54) is 0 Å². The summed E-state index contributed by atoms with van der Waals surface area (Å²) in [7, 11) is 0. The number of carbonyl (C=O) groups excluding carboxylic acids is 1. The molecule has 0 bridgehead atoms. The maximum Gasteiger partial charge on any atom is 0.307 e. The standard InChI is InChI=1S/C9H14O2/c1-5-8(4)6-9(10)11-7(2)3/h1,7-8H,6H2,2-4H3. The van der Waals surface area contributed by atoms with Gasteiger partial charge in [-0.05, 0) is 13.8 Å². The Morgan fingerprint density at radius 1 is 1.55 bits per heavy atom. The topological polar surface area (TPSA) is 26.3 Å². The first-order valence-corrected chi connectivity index (χ1v) is 3.72. The average molecular weight is 154 g/mol. The number of rotatable bonds is 3. The van der Waals surface area contributed by atoms with Gasteiger partial charge in [-0.25, -0.2) is 0 Å². The second kappa shape index (κ2) is 4.79. The molecule has 2 heteroatoms. The SMILES string of the molecule is C#CC(C)CC(=O)OC(C)C. The summed E-state index contributed by atoms with van der Waals surface area (Å²) < 4.78 is 4.89. The summed E-state index contributed by atoms with van der Waals surface area (Å²) in [4.78, 5) is 10.9. The molecule has 0 aromatic carbocycles. The molecule has 1 unspecified atom stereocenters. The zero-order valence-corrected chi connectivity index (χ0v) is 7.26. The first kappa shape index (κ1) is 10.0. The van der Waals surface area contributed by atoms with Gasteiger partial charge in [0, 0.05) is 5.92 Å². The van der Waals surface area contributed by atoms with E-state index in [-0.39, 0.29) is 18.0 Å². The van der Waals surface area contributed by atoms with Gasteiger partial charge in [0.25, 0.3) is 0 Å². The van der Waals surface area contributed by atoms with Gasteiger partial charge in [0.1, 0.15) is 0 Å². The van der Waals surface area contributed by atoms with Crippen molar-refractivity contribution in [3.63, 3.8) is 0 Å². The number of terminal acetylenes is 1. The Morgan fingerprint density at radius 3 is 2.45 bits per heavy atom. The molecule has 0 aliphatic rings. The minimum Gasteiger partial charge on any atom is -0.463 e. The maximum absolute atomic E-state index is 10.9. The fourth-order valence-corrected chi connectivity index (χ4v) is 0.620. The molecule has 0 amide bonds. The number of hydrogen-bond donors (Lipinski definition) is 0. The van der Waals surface area contributed by atoms with Crippen LogP contribution in [0.15, 0.2) is 0 Å². The molecule has 0 radical (unpaired) electrons. The van der Waals surface area contributed by atoms with Crippen molar-refractivity contribution in [2.45, 2.75) is 33.3 Å². The van der Waals surface area contributed by atoms with Crippen LogP contribution < -0.4 is 0 Å². The second-order valence-electron chi connectivity index (χ2n) is 2.81. The van der Waals surface area contributed by atoms with Crippen LogP contribution in [0.3, 0.4) is 0 Å². The van der Waals surface area contributed by atoms with Crippen LogP contribution in [0, 0.1) is 18.3 Å². The van der Waals surface area contributed by atoms with E-state index in [1.807, 2.05) is 20.8 Å². The maximum atomic E-state index is 10.9. The van der Waals surface area contributed by atoms with Crippen LogP contribution in [0.4, 0.5) is 0 Å². The summed E-state index contributed by atoms with van der Waals surface area (Å²) in [5.41, 5.74) is 0. The highest BCUT2D eigenvalue weighted by molar-refractivity contribution is 5.70. The zero-order valence-electron chi connectivity index (χ0n) is 7.26. The fourth-order valence-electron chi connectivity index (χ4n) is 0.620. The summed E-state index contributed by atoms with van der Waals surface area (Å²) >= 11 is 0. The van der Waals surface area contributed by atoms with Crippen molar-refractivity contribution in [1.82, 2.24) is 0 Å². The minimum atomic E-state index is -0.217. The van der Waals surface area contributed by atoms with E-state index >= 15 is 0 Å². The van der Waals surface area contributed by atoms with Gasteiger partial charge in [-0.2, -0.15) is 0 Å². The Balaban J connectivity index is 3.63. The largest absolute Gasteiger partial charge is 0.463 e. The van der Waals surface area contributed by atoms with Gasteiger partial charge in [-0.1, -0.05) is 6.92 Å². The zero-order chi connectivity index (χ0) is 8.85. The van der Waals surface area contributed by atoms with Gasteiger partial charge in [0.05, 0.1) is 12.5 Å². The molecule has 0 aliphatic carbocycles. The Labute approximate surface area is 67.9 Å². The van der Waals surface area contributed by atoms with Crippen LogP contribution in [0.25, 0.3) is 0 Å². The first-order chi connectivity index (χ1) is 5.06. The Bertz CT molecular complexity index is 165. The van der Waals surface area contributed by atoms with E-state index in [9.17, 15) is 4.79 Å². The quantitative estimate of drug-likeness (QED) is 0.456. The molecule has 0 rings (SSSR count). The van der Waals surface area contributed by atoms with Crippen molar-refractivity contribution in [3.05, 3.63) is 0 Å². The van der Waals surface area contributed by atoms with E-state index < -0.39 is 0 Å². The third kappa shape index (κ3) is 5.47. The van der Waals surface area contributed by atoms with E-state index in [4.69, 9.17) is 11.2 Å². The molecule has 0 saturated carbocycles. The lowest BCUT2D eigenvalue weighted by Crippen LogP contribution is -2.13. The van der Waals surface area contributed by atoms with Crippen LogP contribution in [0.2, 0.25) is 0 Å². The monoisotopic (exact) mass is 154 g/mol. The van der Waals surface area contributed by atoms with Crippen LogP contribution in [-0.4, -0.2) is 12.1 Å². The number of ether oxygens (including phenoxy) is 1. The summed E-state index contributed by atoms with van der Waals surface area (Å²) in [6.45, 7) is 5.46. The van der Waals surface area contributed by atoms with Gasteiger partial charge in [-0.15, -0.1) is 12.3 Å². The third-order valence-corrected chi connectivity index (χ3v) is 1.12. The lowest BCUT2D eigenvalue weighted by molar-refractivity contribution is -0.147. The van der Waals surface area contributed by atoms with Crippen molar-refractivity contribution in [2.75, 3.05) is 0 Å². The van der Waals surface area contributed by atoms with Crippen LogP contribution >= 0.6 is 0 Å². The number of esters is 1. The summed E-state index contributed by atoms with van der Waals surface area (Å²) in [6.07, 6.45) is 5.36. The normalized spacial score (nSPS) is 12.3. The summed E-state index contributed by atoms with van der Waals surface area (Å²) in [5, 5.41) is 0. The molecule has 2 nitrogen and oxygen atoms in total. The number of hydrogen-bond acceptors (Lipinski definition) is 2. The van der Waals surface area contributed by atoms with E-state index in [1.54, 1.807) is 0 Å². The predicted molar refractivity (Wildman–Crippen MR) is 43.8 cm³/mol. The summed E-state index contributed by atoms with van der Waals surface area (Å²) in [5.74, 6) is 2.22. The Hall–Kier alpha value is -0.970. The average Bonchev–Trinajstić information content (AvgIpc) is 1.85. The van der Waals surface area contributed by atoms with Gasteiger partial charge >= 0.3 is 5.97 Å². The molecule has 0 saturated heterocycles. The lowest BCUT2D eigenvalue weighted by atomic mass is 10.1. The number of carbonyl (C=O) groups is 1. The molecule has 0 aromatic rings. The molecule has 0 N–H and O–H groups in total. The molecule has 0 fully saturated rings. The van der Waals surface area contributed by atoms with Gasteiger partial charge in [-0.3, -0.25) is 4.79 Å². The van der Waals surface area contributed by atoms with Gasteiger partial charge in [0.15, 0.2) is 0 Å². The predicted octanol–water partition coefficient (Wildman–Crippen LogP) is 1.60. The van der Waals surface area contributed by atoms with Crippen LogP contribution in [0.5, 0.6) is 0 Å². The van der Waals surface area contributed by atoms with Gasteiger partial charge < -0.3 is 4.74 Å². The molecule has 1 atom stereocenters. The first-order valence-electron chi connectivity index (χ1n) is 3.72. The van der Waals surface area contributed by atoms with Crippen LogP contribution in [0.1, 0.15) is 27.2 Å². The van der Waals surface area contributed by atoms with Crippen molar-refractivity contribution >= 4 is 5.97 Å². The lowest BCUT2D eigenvalue weighted by Gasteiger charge is -2.08. The molecule has 11 heavy (non-hydrogen) atoms. The molecule has 62 valence electrons. The van der Waals surface area contributed by atoms with E-state index in [2.05, 4.69) is 5.92 Å². The molecule has 0 heterocycles. The van der Waals surface area contributed by atoms with Crippen molar-refractivity contribution < 1.29 is 9.53 Å². The second-order valence-corrected chi connectivity index (χ2v) is 2.81. The minimum absolute atomic E-state index is 0.0266.